The van der Waals surface area contributed by atoms with Crippen LogP contribution in [0.5, 0.6) is 11.5 Å². The average molecular weight is 439 g/mol. The van der Waals surface area contributed by atoms with Gasteiger partial charge < -0.3 is 14.0 Å². The van der Waals surface area contributed by atoms with Gasteiger partial charge in [0.05, 0.1) is 32.0 Å². The van der Waals surface area contributed by atoms with Crippen molar-refractivity contribution >= 4 is 11.6 Å². The first kappa shape index (κ1) is 20.6. The molecule has 158 valence electrons. The maximum Gasteiger partial charge on any atom is 0.266 e. The van der Waals surface area contributed by atoms with Crippen LogP contribution in [-0.2, 0) is 13.0 Å². The van der Waals surface area contributed by atoms with Gasteiger partial charge in [-0.05, 0) is 30.3 Å². The average Bonchev–Trinajstić information content (AvgIpc) is 3.26. The molecule has 8 nitrogen and oxygen atoms in total. The predicted octanol–water partition coefficient (Wildman–Crippen LogP) is 3.87. The molecule has 0 bridgehead atoms. The van der Waals surface area contributed by atoms with E-state index in [0.717, 1.165) is 5.56 Å². The van der Waals surface area contributed by atoms with Crippen molar-refractivity contribution in [1.29, 1.82) is 0 Å². The number of hydrogen-bond donors (Lipinski definition) is 0. The second-order valence-corrected chi connectivity index (χ2v) is 7.03. The van der Waals surface area contributed by atoms with E-state index >= 15 is 0 Å². The van der Waals surface area contributed by atoms with Crippen molar-refractivity contribution in [2.45, 2.75) is 13.0 Å². The van der Waals surface area contributed by atoms with Gasteiger partial charge in [-0.3, -0.25) is 4.79 Å². The summed E-state index contributed by atoms with van der Waals surface area (Å²) in [6.07, 6.45) is 0.338. The van der Waals surface area contributed by atoms with E-state index in [1.54, 1.807) is 38.5 Å². The highest BCUT2D eigenvalue weighted by molar-refractivity contribution is 6.30. The molecule has 0 saturated carbocycles. The lowest BCUT2D eigenvalue weighted by Crippen LogP contribution is -2.23. The third-order valence-corrected chi connectivity index (χ3v) is 4.87. The fraction of sp³-hybridized carbons (Fsp3) is 0.182. The summed E-state index contributed by atoms with van der Waals surface area (Å²) >= 11 is 6.06. The van der Waals surface area contributed by atoms with Crippen LogP contribution in [0.3, 0.4) is 0 Å². The summed E-state index contributed by atoms with van der Waals surface area (Å²) in [7, 11) is 3.11. The first-order chi connectivity index (χ1) is 15.1. The van der Waals surface area contributed by atoms with E-state index in [0.29, 0.717) is 45.9 Å². The Morgan fingerprint density at radius 1 is 1.06 bits per heavy atom. The molecule has 0 amide bonds. The molecule has 0 atom stereocenters. The third-order valence-electron chi connectivity index (χ3n) is 4.64. The van der Waals surface area contributed by atoms with Gasteiger partial charge in [-0.15, -0.1) is 0 Å². The van der Waals surface area contributed by atoms with Crippen molar-refractivity contribution < 1.29 is 14.0 Å². The second kappa shape index (κ2) is 9.01. The van der Waals surface area contributed by atoms with Crippen molar-refractivity contribution in [3.8, 4) is 34.1 Å². The number of ether oxygens (including phenoxy) is 2. The van der Waals surface area contributed by atoms with Crippen LogP contribution in [0.1, 0.15) is 5.89 Å². The van der Waals surface area contributed by atoms with E-state index in [-0.39, 0.29) is 12.1 Å². The summed E-state index contributed by atoms with van der Waals surface area (Å²) in [5.74, 6) is 1.84. The van der Waals surface area contributed by atoms with Crippen LogP contribution in [-0.4, -0.2) is 34.1 Å². The van der Waals surface area contributed by atoms with Gasteiger partial charge in [0.1, 0.15) is 0 Å². The van der Waals surface area contributed by atoms with Gasteiger partial charge in [0.15, 0.2) is 11.5 Å². The summed E-state index contributed by atoms with van der Waals surface area (Å²) in [5, 5.41) is 9.07. The minimum Gasteiger partial charge on any atom is -0.493 e. The standard InChI is InChI=1S/C22H19ClN4O4/c1-29-18-8-4-7-16(21(18)30-2)22-24-19(31-26-22)11-12-27-20(28)10-9-17(25-27)14-5-3-6-15(23)13-14/h3-10,13H,11-12H2,1-2H3. The lowest BCUT2D eigenvalue weighted by molar-refractivity contribution is 0.354. The molecule has 0 unspecified atom stereocenters. The van der Waals surface area contributed by atoms with Crippen LogP contribution in [0, 0.1) is 0 Å². The zero-order valence-electron chi connectivity index (χ0n) is 16.9. The first-order valence-corrected chi connectivity index (χ1v) is 9.85. The molecule has 4 aromatic rings. The normalized spacial score (nSPS) is 10.8. The Balaban J connectivity index is 1.55. The van der Waals surface area contributed by atoms with Gasteiger partial charge in [-0.1, -0.05) is 35.0 Å². The first-order valence-electron chi connectivity index (χ1n) is 9.47. The summed E-state index contributed by atoms with van der Waals surface area (Å²) in [6, 6.07) is 15.9. The van der Waals surface area contributed by atoms with E-state index in [1.807, 2.05) is 24.3 Å². The van der Waals surface area contributed by atoms with Crippen molar-refractivity contribution in [1.82, 2.24) is 19.9 Å². The monoisotopic (exact) mass is 438 g/mol. The molecule has 4 rings (SSSR count). The number of methoxy groups -OCH3 is 2. The molecule has 0 aliphatic heterocycles. The third kappa shape index (κ3) is 4.44. The maximum atomic E-state index is 12.2. The number of benzene rings is 2. The Morgan fingerprint density at radius 2 is 1.90 bits per heavy atom. The van der Waals surface area contributed by atoms with Crippen molar-refractivity contribution in [3.05, 3.63) is 75.9 Å². The van der Waals surface area contributed by atoms with Crippen LogP contribution in [0.4, 0.5) is 0 Å². The lowest BCUT2D eigenvalue weighted by Gasteiger charge is -2.09. The molecule has 2 aromatic carbocycles. The molecule has 31 heavy (non-hydrogen) atoms. The Bertz CT molecular complexity index is 1270. The molecule has 2 aromatic heterocycles. The number of aromatic nitrogens is 4. The Hall–Kier alpha value is -3.65. The van der Waals surface area contributed by atoms with Gasteiger partial charge in [0, 0.05) is 23.1 Å². The highest BCUT2D eigenvalue weighted by atomic mass is 35.5. The fourth-order valence-corrected chi connectivity index (χ4v) is 3.33. The SMILES string of the molecule is COc1cccc(-c2noc(CCn3nc(-c4cccc(Cl)c4)ccc3=O)n2)c1OC. The van der Waals surface area contributed by atoms with E-state index in [9.17, 15) is 4.79 Å². The second-order valence-electron chi connectivity index (χ2n) is 6.59. The van der Waals surface area contributed by atoms with Gasteiger partial charge in [-0.25, -0.2) is 4.68 Å². The highest BCUT2D eigenvalue weighted by Crippen LogP contribution is 2.36. The molecular formula is C22H19ClN4O4. The van der Waals surface area contributed by atoms with Crippen LogP contribution in [0.25, 0.3) is 22.6 Å². The molecule has 0 aliphatic rings. The van der Waals surface area contributed by atoms with Gasteiger partial charge in [0.2, 0.25) is 11.7 Å². The molecule has 0 radical (unpaired) electrons. The highest BCUT2D eigenvalue weighted by Gasteiger charge is 2.17. The summed E-state index contributed by atoms with van der Waals surface area (Å²) in [4.78, 5) is 16.7. The van der Waals surface area contributed by atoms with Gasteiger partial charge >= 0.3 is 0 Å². The van der Waals surface area contributed by atoms with Gasteiger partial charge in [0.25, 0.3) is 5.56 Å². The van der Waals surface area contributed by atoms with Crippen LogP contribution in [0.15, 0.2) is 63.9 Å². The summed E-state index contributed by atoms with van der Waals surface area (Å²) in [6.45, 7) is 0.282. The molecule has 2 heterocycles. The number of aryl methyl sites for hydroxylation is 2. The van der Waals surface area contributed by atoms with Crippen molar-refractivity contribution in [2.75, 3.05) is 14.2 Å². The number of halogens is 1. The lowest BCUT2D eigenvalue weighted by atomic mass is 10.1. The van der Waals surface area contributed by atoms with Crippen molar-refractivity contribution in [2.24, 2.45) is 0 Å². The molecule has 0 saturated heterocycles. The molecule has 9 heteroatoms. The summed E-state index contributed by atoms with van der Waals surface area (Å²) < 4.78 is 17.5. The Labute approximate surface area is 183 Å². The minimum absolute atomic E-state index is 0.222. The number of para-hydroxylation sites is 1. The van der Waals surface area contributed by atoms with Crippen LogP contribution in [0.2, 0.25) is 5.02 Å². The van der Waals surface area contributed by atoms with Crippen LogP contribution < -0.4 is 15.0 Å². The smallest absolute Gasteiger partial charge is 0.266 e. The molecule has 0 N–H and O–H groups in total. The van der Waals surface area contributed by atoms with E-state index < -0.39 is 0 Å². The number of nitrogens with zero attached hydrogens (tertiary/aromatic N) is 4. The van der Waals surface area contributed by atoms with E-state index in [2.05, 4.69) is 15.2 Å². The van der Waals surface area contributed by atoms with E-state index in [4.69, 9.17) is 25.6 Å². The topological polar surface area (TPSA) is 92.3 Å². The number of rotatable bonds is 7. The van der Waals surface area contributed by atoms with E-state index in [1.165, 1.54) is 10.7 Å². The maximum absolute atomic E-state index is 12.2. The Kier molecular flexibility index (Phi) is 5.99. The summed E-state index contributed by atoms with van der Waals surface area (Å²) in [5.41, 5.74) is 1.90. The molecule has 0 fully saturated rings. The number of hydrogen-bond acceptors (Lipinski definition) is 7. The largest absolute Gasteiger partial charge is 0.493 e. The minimum atomic E-state index is -0.222. The quantitative estimate of drug-likeness (QED) is 0.432. The fourth-order valence-electron chi connectivity index (χ4n) is 3.14. The Morgan fingerprint density at radius 3 is 2.68 bits per heavy atom. The zero-order chi connectivity index (χ0) is 21.8. The van der Waals surface area contributed by atoms with Gasteiger partial charge in [-0.2, -0.15) is 10.1 Å². The zero-order valence-corrected chi connectivity index (χ0v) is 17.7. The molecular weight excluding hydrogens is 420 g/mol. The van der Waals surface area contributed by atoms with Crippen LogP contribution >= 0.6 is 11.6 Å². The molecule has 0 spiro atoms. The molecule has 0 aliphatic carbocycles. The van der Waals surface area contributed by atoms with Crippen molar-refractivity contribution in [3.63, 3.8) is 0 Å². The predicted molar refractivity (Wildman–Crippen MR) is 115 cm³/mol.